The van der Waals surface area contributed by atoms with Gasteiger partial charge in [-0.15, -0.1) is 0 Å². The van der Waals surface area contributed by atoms with Crippen LogP contribution in [0.15, 0.2) is 0 Å². The first-order valence-electron chi connectivity index (χ1n) is 7.52. The molecule has 0 aromatic heterocycles. The van der Waals surface area contributed by atoms with Gasteiger partial charge < -0.3 is 5.32 Å². The van der Waals surface area contributed by atoms with E-state index in [1.54, 1.807) is 19.3 Å². The predicted octanol–water partition coefficient (Wildman–Crippen LogP) is 3.45. The Kier molecular flexibility index (Phi) is 3.24. The Morgan fingerprint density at radius 2 is 1.88 bits per heavy atom. The topological polar surface area (TPSA) is 12.0 Å². The molecule has 3 saturated carbocycles. The van der Waals surface area contributed by atoms with Crippen molar-refractivity contribution < 1.29 is 0 Å². The zero-order chi connectivity index (χ0) is 11.0. The van der Waals surface area contributed by atoms with Gasteiger partial charge in [0.2, 0.25) is 0 Å². The average Bonchev–Trinajstić information content (AvgIpc) is 2.94. The van der Waals surface area contributed by atoms with Crippen LogP contribution in [0, 0.1) is 29.6 Å². The zero-order valence-corrected chi connectivity index (χ0v) is 10.8. The summed E-state index contributed by atoms with van der Waals surface area (Å²) < 4.78 is 0. The third kappa shape index (κ3) is 2.30. The Balaban J connectivity index is 1.35. The van der Waals surface area contributed by atoms with E-state index in [4.69, 9.17) is 0 Å². The Bertz CT molecular complexity index is 238. The lowest BCUT2D eigenvalue weighted by atomic mass is 9.89. The van der Waals surface area contributed by atoms with Crippen molar-refractivity contribution in [3.8, 4) is 0 Å². The van der Waals surface area contributed by atoms with Gasteiger partial charge in [0.1, 0.15) is 0 Å². The van der Waals surface area contributed by atoms with E-state index in [1.165, 1.54) is 38.8 Å². The van der Waals surface area contributed by atoms with Crippen LogP contribution in [-0.4, -0.2) is 13.1 Å². The van der Waals surface area contributed by atoms with Gasteiger partial charge >= 0.3 is 0 Å². The van der Waals surface area contributed by atoms with Gasteiger partial charge in [0.05, 0.1) is 0 Å². The molecule has 1 heteroatoms. The molecule has 0 aliphatic heterocycles. The van der Waals surface area contributed by atoms with Gasteiger partial charge in [-0.05, 0) is 74.8 Å². The summed E-state index contributed by atoms with van der Waals surface area (Å²) in [5.41, 5.74) is 0. The molecule has 1 nitrogen and oxygen atoms in total. The average molecular weight is 221 g/mol. The van der Waals surface area contributed by atoms with Gasteiger partial charge in [0.15, 0.2) is 0 Å². The zero-order valence-electron chi connectivity index (χ0n) is 10.8. The number of hydrogen-bond donors (Lipinski definition) is 1. The van der Waals surface area contributed by atoms with Crippen molar-refractivity contribution in [1.82, 2.24) is 5.32 Å². The number of fused-ring (bicyclic) bond motifs is 2. The van der Waals surface area contributed by atoms with Gasteiger partial charge in [-0.3, -0.25) is 0 Å². The Morgan fingerprint density at radius 1 is 0.938 bits per heavy atom. The molecule has 92 valence electrons. The van der Waals surface area contributed by atoms with Crippen molar-refractivity contribution >= 4 is 0 Å². The molecule has 0 saturated heterocycles. The first kappa shape index (κ1) is 11.1. The summed E-state index contributed by atoms with van der Waals surface area (Å²) in [4.78, 5) is 0. The second kappa shape index (κ2) is 4.68. The molecule has 0 spiro atoms. The number of hydrogen-bond acceptors (Lipinski definition) is 1. The molecule has 3 fully saturated rings. The maximum Gasteiger partial charge on any atom is -0.00176 e. The summed E-state index contributed by atoms with van der Waals surface area (Å²) in [6, 6.07) is 0. The molecular formula is C15H27N. The molecule has 3 aliphatic rings. The molecule has 3 rings (SSSR count). The van der Waals surface area contributed by atoms with Crippen LogP contribution >= 0.6 is 0 Å². The van der Waals surface area contributed by atoms with Gasteiger partial charge in [0.25, 0.3) is 0 Å². The van der Waals surface area contributed by atoms with Crippen molar-refractivity contribution in [1.29, 1.82) is 0 Å². The normalized spacial score (nSPS) is 46.7. The summed E-state index contributed by atoms with van der Waals surface area (Å²) in [6.07, 6.45) is 10.6. The minimum absolute atomic E-state index is 0.994. The van der Waals surface area contributed by atoms with Crippen LogP contribution < -0.4 is 5.32 Å². The lowest BCUT2D eigenvalue weighted by Crippen LogP contribution is -2.29. The van der Waals surface area contributed by atoms with Crippen LogP contribution in [0.3, 0.4) is 0 Å². The number of rotatable bonds is 4. The van der Waals surface area contributed by atoms with E-state index in [1.807, 2.05) is 0 Å². The molecule has 0 aromatic carbocycles. The maximum absolute atomic E-state index is 3.77. The molecular weight excluding hydrogens is 194 g/mol. The monoisotopic (exact) mass is 221 g/mol. The van der Waals surface area contributed by atoms with Crippen LogP contribution in [0.25, 0.3) is 0 Å². The van der Waals surface area contributed by atoms with Gasteiger partial charge in [0, 0.05) is 0 Å². The highest BCUT2D eigenvalue weighted by molar-refractivity contribution is 4.91. The van der Waals surface area contributed by atoms with E-state index in [0.29, 0.717) is 0 Å². The minimum Gasteiger partial charge on any atom is -0.316 e. The molecule has 1 N–H and O–H groups in total. The number of nitrogens with one attached hydrogen (secondary N) is 1. The van der Waals surface area contributed by atoms with E-state index in [9.17, 15) is 0 Å². The summed E-state index contributed by atoms with van der Waals surface area (Å²) in [7, 11) is 0. The van der Waals surface area contributed by atoms with E-state index < -0.39 is 0 Å². The van der Waals surface area contributed by atoms with E-state index in [-0.39, 0.29) is 0 Å². The predicted molar refractivity (Wildman–Crippen MR) is 68.3 cm³/mol. The van der Waals surface area contributed by atoms with Gasteiger partial charge in [-0.25, -0.2) is 0 Å². The Labute approximate surface area is 100 Å². The second-order valence-electron chi connectivity index (χ2n) is 6.88. The smallest absolute Gasteiger partial charge is 0.00176 e. The van der Waals surface area contributed by atoms with Crippen LogP contribution in [0.4, 0.5) is 0 Å². The highest BCUT2D eigenvalue weighted by Crippen LogP contribution is 2.47. The molecule has 2 bridgehead atoms. The van der Waals surface area contributed by atoms with Crippen molar-refractivity contribution in [3.05, 3.63) is 0 Å². The van der Waals surface area contributed by atoms with Crippen molar-refractivity contribution in [2.24, 2.45) is 29.6 Å². The van der Waals surface area contributed by atoms with Crippen molar-refractivity contribution in [2.75, 3.05) is 13.1 Å². The molecule has 3 aliphatic carbocycles. The fourth-order valence-electron chi connectivity index (χ4n) is 4.61. The van der Waals surface area contributed by atoms with Crippen molar-refractivity contribution in [2.45, 2.75) is 51.9 Å². The molecule has 5 atom stereocenters. The fourth-order valence-corrected chi connectivity index (χ4v) is 4.61. The first-order chi connectivity index (χ1) is 7.81. The first-order valence-corrected chi connectivity index (χ1v) is 7.52. The molecule has 0 aromatic rings. The highest BCUT2D eigenvalue weighted by atomic mass is 14.9. The molecule has 0 heterocycles. The van der Waals surface area contributed by atoms with Crippen LogP contribution in [-0.2, 0) is 0 Å². The SMILES string of the molecule is CC1CCC(CNCC2CC3CCC2C3)C1. The van der Waals surface area contributed by atoms with Gasteiger partial charge in [-0.2, -0.15) is 0 Å². The van der Waals surface area contributed by atoms with Crippen LogP contribution in [0.2, 0.25) is 0 Å². The lowest BCUT2D eigenvalue weighted by molar-refractivity contribution is 0.310. The van der Waals surface area contributed by atoms with Crippen LogP contribution in [0.5, 0.6) is 0 Å². The standard InChI is InChI=1S/C15H27N/c1-11-2-3-13(6-11)9-16-10-15-8-12-4-5-14(15)7-12/h11-16H,2-10H2,1H3. The summed E-state index contributed by atoms with van der Waals surface area (Å²) in [5, 5.41) is 3.77. The third-order valence-corrected chi connectivity index (χ3v) is 5.53. The summed E-state index contributed by atoms with van der Waals surface area (Å²) in [5.74, 6) is 5.24. The van der Waals surface area contributed by atoms with E-state index in [2.05, 4.69) is 12.2 Å². The summed E-state index contributed by atoms with van der Waals surface area (Å²) >= 11 is 0. The highest BCUT2D eigenvalue weighted by Gasteiger charge is 2.38. The van der Waals surface area contributed by atoms with E-state index in [0.717, 1.165) is 29.6 Å². The minimum atomic E-state index is 0.994. The summed E-state index contributed by atoms with van der Waals surface area (Å²) in [6.45, 7) is 5.04. The van der Waals surface area contributed by atoms with Crippen molar-refractivity contribution in [3.63, 3.8) is 0 Å². The largest absolute Gasteiger partial charge is 0.316 e. The Hall–Kier alpha value is -0.0400. The lowest BCUT2D eigenvalue weighted by Gasteiger charge is -2.22. The molecule has 16 heavy (non-hydrogen) atoms. The second-order valence-corrected chi connectivity index (χ2v) is 6.88. The quantitative estimate of drug-likeness (QED) is 0.766. The maximum atomic E-state index is 3.77. The van der Waals surface area contributed by atoms with E-state index >= 15 is 0 Å². The van der Waals surface area contributed by atoms with Gasteiger partial charge in [-0.1, -0.05) is 19.8 Å². The molecule has 5 unspecified atom stereocenters. The Morgan fingerprint density at radius 3 is 2.50 bits per heavy atom. The third-order valence-electron chi connectivity index (χ3n) is 5.53. The van der Waals surface area contributed by atoms with Crippen LogP contribution in [0.1, 0.15) is 51.9 Å². The molecule has 0 amide bonds. The molecule has 0 radical (unpaired) electrons. The fraction of sp³-hybridized carbons (Fsp3) is 1.00.